The number of fused-ring (bicyclic) bond motifs is 1. The summed E-state index contributed by atoms with van der Waals surface area (Å²) >= 11 is 1.38. The maximum atomic E-state index is 12.7. The Bertz CT molecular complexity index is 981. The molecule has 7 nitrogen and oxygen atoms in total. The number of morpholine rings is 1. The summed E-state index contributed by atoms with van der Waals surface area (Å²) in [5.41, 5.74) is 1.62. The zero-order chi connectivity index (χ0) is 19.6. The molecule has 4 heterocycles. The van der Waals surface area contributed by atoms with Crippen LogP contribution in [-0.2, 0) is 4.74 Å². The normalized spacial score (nSPS) is 24.2. The van der Waals surface area contributed by atoms with Crippen LogP contribution < -0.4 is 5.32 Å². The van der Waals surface area contributed by atoms with E-state index in [0.29, 0.717) is 29.2 Å². The van der Waals surface area contributed by atoms with E-state index in [1.165, 1.54) is 16.9 Å². The van der Waals surface area contributed by atoms with Crippen molar-refractivity contribution in [1.29, 1.82) is 0 Å². The molecule has 1 aromatic carbocycles. The molecular weight excluding hydrogens is 386 g/mol. The first kappa shape index (κ1) is 18.4. The van der Waals surface area contributed by atoms with Crippen LogP contribution in [0.15, 0.2) is 54.2 Å². The number of carbonyl (C=O) groups is 1. The van der Waals surface area contributed by atoms with Gasteiger partial charge in [0.05, 0.1) is 12.7 Å². The Kier molecular flexibility index (Phi) is 5.05. The predicted octanol–water partition coefficient (Wildman–Crippen LogP) is 2.54. The van der Waals surface area contributed by atoms with E-state index >= 15 is 0 Å². The molecule has 148 valence electrons. The van der Waals surface area contributed by atoms with E-state index in [4.69, 9.17) is 4.74 Å². The number of hydrogen-bond donors (Lipinski definition) is 1. The van der Waals surface area contributed by atoms with E-state index in [1.54, 1.807) is 23.8 Å². The van der Waals surface area contributed by atoms with Gasteiger partial charge in [-0.1, -0.05) is 30.3 Å². The summed E-state index contributed by atoms with van der Waals surface area (Å²) in [6.07, 6.45) is 4.33. The lowest BCUT2D eigenvalue weighted by Crippen LogP contribution is -2.43. The third kappa shape index (κ3) is 3.91. The van der Waals surface area contributed by atoms with Gasteiger partial charge in [0.25, 0.3) is 5.91 Å². The maximum Gasteiger partial charge on any atom is 0.271 e. The molecule has 2 aliphatic rings. The largest absolute Gasteiger partial charge is 0.371 e. The van der Waals surface area contributed by atoms with Crippen LogP contribution in [0, 0.1) is 0 Å². The predicted molar refractivity (Wildman–Crippen MR) is 110 cm³/mol. The Morgan fingerprint density at radius 1 is 1.14 bits per heavy atom. The van der Waals surface area contributed by atoms with Crippen LogP contribution in [-0.4, -0.2) is 57.5 Å². The van der Waals surface area contributed by atoms with Crippen LogP contribution in [0.25, 0.3) is 10.8 Å². The lowest BCUT2D eigenvalue weighted by atomic mass is 10.1. The molecule has 0 bridgehead atoms. The topological polar surface area (TPSA) is 80.2 Å². The van der Waals surface area contributed by atoms with Gasteiger partial charge in [-0.05, 0) is 18.1 Å². The highest BCUT2D eigenvalue weighted by Crippen LogP contribution is 2.30. The van der Waals surface area contributed by atoms with Gasteiger partial charge in [0.15, 0.2) is 10.8 Å². The van der Waals surface area contributed by atoms with Gasteiger partial charge in [-0.3, -0.25) is 9.69 Å². The quantitative estimate of drug-likeness (QED) is 0.716. The summed E-state index contributed by atoms with van der Waals surface area (Å²) < 4.78 is 6.09. The van der Waals surface area contributed by atoms with Crippen LogP contribution in [0.3, 0.4) is 0 Å². The number of thiazole rings is 1. The molecule has 0 unspecified atom stereocenters. The summed E-state index contributed by atoms with van der Waals surface area (Å²) in [5, 5.41) is 5.55. The van der Waals surface area contributed by atoms with Crippen molar-refractivity contribution in [1.82, 2.24) is 25.2 Å². The molecule has 0 spiro atoms. The molecule has 8 heteroatoms. The Labute approximate surface area is 172 Å². The molecule has 3 atom stereocenters. The summed E-state index contributed by atoms with van der Waals surface area (Å²) in [7, 11) is 0. The average Bonchev–Trinajstić information content (AvgIpc) is 3.41. The smallest absolute Gasteiger partial charge is 0.271 e. The molecule has 0 saturated carbocycles. The van der Waals surface area contributed by atoms with Crippen molar-refractivity contribution >= 4 is 17.2 Å². The van der Waals surface area contributed by atoms with Crippen molar-refractivity contribution in [2.45, 2.75) is 24.6 Å². The molecule has 29 heavy (non-hydrogen) atoms. The van der Waals surface area contributed by atoms with Crippen LogP contribution in [0.5, 0.6) is 0 Å². The van der Waals surface area contributed by atoms with E-state index in [-0.39, 0.29) is 18.1 Å². The van der Waals surface area contributed by atoms with E-state index in [9.17, 15) is 4.79 Å². The Balaban J connectivity index is 1.20. The summed E-state index contributed by atoms with van der Waals surface area (Å²) in [4.78, 5) is 27.9. The number of aromatic nitrogens is 3. The molecule has 2 aromatic heterocycles. The number of nitrogens with one attached hydrogen (secondary N) is 1. The van der Waals surface area contributed by atoms with Crippen molar-refractivity contribution in [3.8, 4) is 10.8 Å². The van der Waals surface area contributed by atoms with Crippen molar-refractivity contribution < 1.29 is 9.53 Å². The Hall–Kier alpha value is -2.68. The fourth-order valence-corrected chi connectivity index (χ4v) is 4.74. The molecule has 2 fully saturated rings. The zero-order valence-corrected chi connectivity index (χ0v) is 16.6. The number of rotatable bonds is 4. The second-order valence-corrected chi connectivity index (χ2v) is 8.21. The lowest BCUT2D eigenvalue weighted by molar-refractivity contribution is -0.0502. The highest BCUT2D eigenvalue weighted by Gasteiger charge is 2.38. The van der Waals surface area contributed by atoms with Crippen molar-refractivity contribution in [2.24, 2.45) is 0 Å². The Morgan fingerprint density at radius 2 is 1.97 bits per heavy atom. The fourth-order valence-electron chi connectivity index (χ4n) is 4.00. The third-order valence-corrected chi connectivity index (χ3v) is 6.26. The van der Waals surface area contributed by atoms with Gasteiger partial charge < -0.3 is 10.1 Å². The molecule has 0 aliphatic carbocycles. The molecule has 3 aromatic rings. The van der Waals surface area contributed by atoms with Gasteiger partial charge in [-0.2, -0.15) is 0 Å². The molecular formula is C21H21N5O2S. The number of nitrogens with zero attached hydrogens (tertiary/aromatic N) is 4. The number of ether oxygens (including phenoxy) is 1. The van der Waals surface area contributed by atoms with E-state index in [1.807, 2.05) is 18.2 Å². The molecule has 2 aliphatic heterocycles. The number of carbonyl (C=O) groups excluding carboxylic acids is 1. The van der Waals surface area contributed by atoms with Crippen molar-refractivity contribution in [2.75, 3.05) is 19.7 Å². The van der Waals surface area contributed by atoms with Crippen LogP contribution in [0.1, 0.15) is 28.6 Å². The summed E-state index contributed by atoms with van der Waals surface area (Å²) in [6.45, 7) is 2.38. The highest BCUT2D eigenvalue weighted by molar-refractivity contribution is 7.13. The minimum Gasteiger partial charge on any atom is -0.371 e. The molecule has 1 N–H and O–H groups in total. The maximum absolute atomic E-state index is 12.7. The first-order valence-electron chi connectivity index (χ1n) is 9.70. The first-order chi connectivity index (χ1) is 14.3. The van der Waals surface area contributed by atoms with Gasteiger partial charge in [0.1, 0.15) is 5.69 Å². The van der Waals surface area contributed by atoms with E-state index < -0.39 is 0 Å². The van der Waals surface area contributed by atoms with Crippen LogP contribution in [0.2, 0.25) is 0 Å². The zero-order valence-electron chi connectivity index (χ0n) is 15.8. The lowest BCUT2D eigenvalue weighted by Gasteiger charge is -2.35. The molecule has 5 rings (SSSR count). The highest BCUT2D eigenvalue weighted by atomic mass is 32.1. The number of amides is 1. The minimum absolute atomic E-state index is 0.0915. The van der Waals surface area contributed by atoms with Gasteiger partial charge in [0.2, 0.25) is 0 Å². The fraction of sp³-hybridized carbons (Fsp3) is 0.333. The molecule has 0 radical (unpaired) electrons. The monoisotopic (exact) mass is 407 g/mol. The van der Waals surface area contributed by atoms with Gasteiger partial charge in [-0.15, -0.1) is 11.3 Å². The van der Waals surface area contributed by atoms with E-state index in [0.717, 1.165) is 19.5 Å². The van der Waals surface area contributed by atoms with Crippen molar-refractivity contribution in [3.63, 3.8) is 0 Å². The Morgan fingerprint density at radius 3 is 2.79 bits per heavy atom. The third-order valence-electron chi connectivity index (χ3n) is 5.42. The van der Waals surface area contributed by atoms with Crippen LogP contribution in [0.4, 0.5) is 0 Å². The summed E-state index contributed by atoms with van der Waals surface area (Å²) in [5.74, 6) is 0.396. The molecule has 2 saturated heterocycles. The van der Waals surface area contributed by atoms with Gasteiger partial charge >= 0.3 is 0 Å². The van der Waals surface area contributed by atoms with Gasteiger partial charge in [0, 0.05) is 42.9 Å². The second kappa shape index (κ2) is 7.98. The van der Waals surface area contributed by atoms with Crippen LogP contribution >= 0.6 is 11.3 Å². The minimum atomic E-state index is -0.145. The van der Waals surface area contributed by atoms with E-state index in [2.05, 4.69) is 37.3 Å². The van der Waals surface area contributed by atoms with Crippen molar-refractivity contribution in [3.05, 3.63) is 65.4 Å². The average molecular weight is 407 g/mol. The summed E-state index contributed by atoms with van der Waals surface area (Å²) in [6, 6.07) is 12.5. The number of benzene rings is 1. The van der Waals surface area contributed by atoms with Gasteiger partial charge in [-0.25, -0.2) is 15.0 Å². The molecule has 1 amide bonds. The SMILES string of the molecule is O=C(N[C@@H]1C[C@H]2CO[C@@H](c3ccccc3)CN2C1)c1csc(-c2ncccn2)n1. The number of hydrogen-bond acceptors (Lipinski definition) is 7. The first-order valence-corrected chi connectivity index (χ1v) is 10.6. The standard InChI is InChI=1S/C21H21N5O2S/c27-20(17-13-29-21(25-17)19-22-7-4-8-23-19)24-15-9-16-12-28-18(11-26(16)10-15)14-5-2-1-3-6-14/h1-8,13,15-16,18H,9-12H2,(H,24,27)/t15-,16+,18-/m1/s1. The second-order valence-electron chi connectivity index (χ2n) is 7.36.